The number of allylic oxidation sites excluding steroid dienone is 1. The summed E-state index contributed by atoms with van der Waals surface area (Å²) in [6, 6.07) is 10.7. The van der Waals surface area contributed by atoms with Crippen LogP contribution in [-0.2, 0) is 0 Å². The number of nitrogens with one attached hydrogen (secondary N) is 1. The van der Waals surface area contributed by atoms with Gasteiger partial charge in [-0.2, -0.15) is 0 Å². The van der Waals surface area contributed by atoms with Crippen molar-refractivity contribution in [2.45, 2.75) is 31.2 Å². The Morgan fingerprint density at radius 1 is 1.25 bits per heavy atom. The largest absolute Gasteiger partial charge is 0.497 e. The summed E-state index contributed by atoms with van der Waals surface area (Å²) >= 11 is 1.65. The molecule has 3 saturated heterocycles. The van der Waals surface area contributed by atoms with E-state index in [9.17, 15) is 4.79 Å². The van der Waals surface area contributed by atoms with E-state index in [0.29, 0.717) is 17.9 Å². The van der Waals surface area contributed by atoms with Gasteiger partial charge in [-0.25, -0.2) is 0 Å². The van der Waals surface area contributed by atoms with E-state index in [1.807, 2.05) is 12.1 Å². The zero-order chi connectivity index (χ0) is 19.1. The first-order valence-electron chi connectivity index (χ1n) is 10.2. The average molecular weight is 395 g/mol. The number of thiophene rings is 1. The van der Waals surface area contributed by atoms with Gasteiger partial charge in [0.25, 0.3) is 5.91 Å². The van der Waals surface area contributed by atoms with Crippen molar-refractivity contribution in [3.8, 4) is 5.75 Å². The number of hydrogen-bond donors (Lipinski definition) is 1. The van der Waals surface area contributed by atoms with Gasteiger partial charge in [-0.1, -0.05) is 24.3 Å². The number of piperidine rings is 3. The van der Waals surface area contributed by atoms with Crippen LogP contribution in [0.2, 0.25) is 0 Å². The summed E-state index contributed by atoms with van der Waals surface area (Å²) in [6.07, 6.45) is 7.77. The van der Waals surface area contributed by atoms with Crippen LogP contribution in [0.15, 0.2) is 36.4 Å². The number of benzene rings is 1. The molecule has 28 heavy (non-hydrogen) atoms. The van der Waals surface area contributed by atoms with E-state index in [4.69, 9.17) is 4.74 Å². The molecule has 0 spiro atoms. The van der Waals surface area contributed by atoms with Crippen LogP contribution in [0.25, 0.3) is 6.08 Å². The number of carbonyl (C=O) groups excluding carboxylic acids is 1. The van der Waals surface area contributed by atoms with Crippen molar-refractivity contribution in [1.29, 1.82) is 0 Å². The Bertz CT molecular complexity index is 911. The fraction of sp³-hybridized carbons (Fsp3) is 0.435. The van der Waals surface area contributed by atoms with Gasteiger partial charge in [-0.15, -0.1) is 11.3 Å². The number of rotatable bonds is 4. The molecule has 4 aliphatic rings. The normalized spacial score (nSPS) is 28.0. The van der Waals surface area contributed by atoms with E-state index >= 15 is 0 Å². The topological polar surface area (TPSA) is 41.6 Å². The number of nitrogens with zero attached hydrogens (tertiary/aromatic N) is 1. The third kappa shape index (κ3) is 3.27. The average Bonchev–Trinajstić information content (AvgIpc) is 3.19. The maximum atomic E-state index is 13.0. The number of carbonyl (C=O) groups is 1. The second kappa shape index (κ2) is 7.37. The number of ether oxygens (including phenoxy) is 1. The fourth-order valence-electron chi connectivity index (χ4n) is 4.89. The van der Waals surface area contributed by atoms with E-state index in [1.165, 1.54) is 41.9 Å². The van der Waals surface area contributed by atoms with Crippen LogP contribution in [0, 0.1) is 5.92 Å². The minimum absolute atomic E-state index is 0.0935. The van der Waals surface area contributed by atoms with E-state index in [2.05, 4.69) is 40.6 Å². The van der Waals surface area contributed by atoms with Crippen molar-refractivity contribution in [2.24, 2.45) is 5.92 Å². The lowest BCUT2D eigenvalue weighted by Crippen LogP contribution is -2.57. The van der Waals surface area contributed by atoms with Crippen molar-refractivity contribution >= 4 is 23.3 Å². The first-order valence-corrected chi connectivity index (χ1v) is 11.0. The zero-order valence-corrected chi connectivity index (χ0v) is 17.0. The lowest BCUT2D eigenvalue weighted by molar-refractivity contribution is 0.0622. The van der Waals surface area contributed by atoms with Gasteiger partial charge in [0.15, 0.2) is 0 Å². The summed E-state index contributed by atoms with van der Waals surface area (Å²) in [5.74, 6) is 1.91. The lowest BCUT2D eigenvalue weighted by Gasteiger charge is -2.44. The van der Waals surface area contributed by atoms with Gasteiger partial charge in [0.2, 0.25) is 0 Å². The van der Waals surface area contributed by atoms with E-state index in [1.54, 1.807) is 18.4 Å². The van der Waals surface area contributed by atoms with E-state index in [0.717, 1.165) is 23.6 Å². The van der Waals surface area contributed by atoms with Crippen molar-refractivity contribution in [2.75, 3.05) is 26.7 Å². The summed E-state index contributed by atoms with van der Waals surface area (Å²) in [5, 5.41) is 3.33. The summed E-state index contributed by atoms with van der Waals surface area (Å²) < 4.78 is 5.40. The highest BCUT2D eigenvalue weighted by Gasteiger charge is 2.35. The molecule has 2 atom stereocenters. The quantitative estimate of drug-likeness (QED) is 0.848. The van der Waals surface area contributed by atoms with Crippen LogP contribution in [0.5, 0.6) is 5.75 Å². The molecule has 1 aliphatic carbocycles. The minimum Gasteiger partial charge on any atom is -0.497 e. The summed E-state index contributed by atoms with van der Waals surface area (Å²) in [6.45, 7) is 3.39. The van der Waals surface area contributed by atoms with Gasteiger partial charge >= 0.3 is 0 Å². The number of amides is 1. The maximum Gasteiger partial charge on any atom is 0.261 e. The van der Waals surface area contributed by atoms with Crippen LogP contribution in [0.1, 0.15) is 50.9 Å². The van der Waals surface area contributed by atoms with Crippen molar-refractivity contribution in [3.63, 3.8) is 0 Å². The monoisotopic (exact) mass is 394 g/mol. The second-order valence-corrected chi connectivity index (χ2v) is 9.20. The predicted octanol–water partition coefficient (Wildman–Crippen LogP) is 4.13. The number of fused-ring (bicyclic) bond motifs is 4. The molecule has 3 aliphatic heterocycles. The van der Waals surface area contributed by atoms with Crippen LogP contribution in [-0.4, -0.2) is 43.6 Å². The standard InChI is InChI=1S/C23H26N2O2S/c1-27-18-6-2-4-16(12-18)19-7-3-5-17-13-21(28-22(17)19)23(26)24-20-14-25-10-8-15(20)9-11-25/h2-6,12-13,15,19-20H,7-11,14H2,1H3,(H,24,26)/t19?,20-/m1/s1. The van der Waals surface area contributed by atoms with Gasteiger partial charge in [0.1, 0.15) is 5.75 Å². The van der Waals surface area contributed by atoms with Gasteiger partial charge < -0.3 is 15.0 Å². The van der Waals surface area contributed by atoms with Gasteiger partial charge in [-0.3, -0.25) is 4.79 Å². The molecule has 0 radical (unpaired) electrons. The molecule has 2 bridgehead atoms. The van der Waals surface area contributed by atoms with Crippen molar-refractivity contribution in [1.82, 2.24) is 10.2 Å². The molecule has 0 saturated carbocycles. The smallest absolute Gasteiger partial charge is 0.261 e. The molecule has 1 unspecified atom stereocenters. The number of hydrogen-bond acceptors (Lipinski definition) is 4. The van der Waals surface area contributed by atoms with Crippen molar-refractivity contribution in [3.05, 3.63) is 57.3 Å². The first-order chi connectivity index (χ1) is 13.7. The first kappa shape index (κ1) is 18.0. The Morgan fingerprint density at radius 2 is 2.11 bits per heavy atom. The molecule has 1 N–H and O–H groups in total. The zero-order valence-electron chi connectivity index (χ0n) is 16.2. The Kier molecular flexibility index (Phi) is 4.73. The van der Waals surface area contributed by atoms with Crippen LogP contribution in [0.4, 0.5) is 0 Å². The molecular weight excluding hydrogens is 368 g/mol. The maximum absolute atomic E-state index is 13.0. The van der Waals surface area contributed by atoms with Gasteiger partial charge in [0.05, 0.1) is 12.0 Å². The Labute approximate surface area is 170 Å². The molecule has 1 aromatic heterocycles. The predicted molar refractivity (Wildman–Crippen MR) is 113 cm³/mol. The third-order valence-corrected chi connectivity index (χ3v) is 7.73. The molecule has 4 nitrogen and oxygen atoms in total. The molecule has 2 aromatic rings. The van der Waals surface area contributed by atoms with Crippen LogP contribution >= 0.6 is 11.3 Å². The molecule has 1 aromatic carbocycles. The highest BCUT2D eigenvalue weighted by Crippen LogP contribution is 2.41. The Hall–Kier alpha value is -2.11. The van der Waals surface area contributed by atoms with E-state index in [-0.39, 0.29) is 5.91 Å². The molecule has 4 heterocycles. The fourth-order valence-corrected chi connectivity index (χ4v) is 6.08. The molecular formula is C23H26N2O2S. The lowest BCUT2D eigenvalue weighted by atomic mass is 9.84. The summed E-state index contributed by atoms with van der Waals surface area (Å²) in [7, 11) is 1.70. The molecule has 146 valence electrons. The molecule has 1 amide bonds. The van der Waals surface area contributed by atoms with Crippen molar-refractivity contribution < 1.29 is 9.53 Å². The highest BCUT2D eigenvalue weighted by atomic mass is 32.1. The van der Waals surface area contributed by atoms with Gasteiger partial charge in [0, 0.05) is 23.4 Å². The second-order valence-electron chi connectivity index (χ2n) is 8.12. The molecule has 6 rings (SSSR count). The Balaban J connectivity index is 1.37. The van der Waals surface area contributed by atoms with Crippen LogP contribution < -0.4 is 10.1 Å². The Morgan fingerprint density at radius 3 is 2.86 bits per heavy atom. The molecule has 3 fully saturated rings. The van der Waals surface area contributed by atoms with E-state index < -0.39 is 0 Å². The highest BCUT2D eigenvalue weighted by molar-refractivity contribution is 7.14. The number of methoxy groups -OCH3 is 1. The SMILES string of the molecule is COc1cccc(C2CC=Cc3cc(C(=O)N[C@@H]4CN5CCC4CC5)sc32)c1. The summed E-state index contributed by atoms with van der Waals surface area (Å²) in [4.78, 5) is 17.6. The summed E-state index contributed by atoms with van der Waals surface area (Å²) in [5.41, 5.74) is 2.43. The minimum atomic E-state index is 0.0935. The van der Waals surface area contributed by atoms with Gasteiger partial charge in [-0.05, 0) is 67.6 Å². The van der Waals surface area contributed by atoms with Crippen LogP contribution in [0.3, 0.4) is 0 Å². The molecule has 5 heteroatoms. The third-order valence-electron chi connectivity index (χ3n) is 6.47.